The molecule has 0 aromatic heterocycles. The summed E-state index contributed by atoms with van der Waals surface area (Å²) < 4.78 is 27.6. The van der Waals surface area contributed by atoms with E-state index in [9.17, 15) is 18.0 Å². The maximum absolute atomic E-state index is 12.6. The maximum atomic E-state index is 12.6. The lowest BCUT2D eigenvalue weighted by Crippen LogP contribution is -2.50. The lowest BCUT2D eigenvalue weighted by Gasteiger charge is -2.22. The minimum absolute atomic E-state index is 0.0399. The Bertz CT molecular complexity index is 1030. The lowest BCUT2D eigenvalue weighted by molar-refractivity contribution is -0.123. The van der Waals surface area contributed by atoms with Crippen LogP contribution >= 0.6 is 0 Å². The molecular formula is C23H31N3O4S. The number of nitrogens with one attached hydrogen (secondary N) is 3. The van der Waals surface area contributed by atoms with Crippen LogP contribution in [0, 0.1) is 26.7 Å². The first-order valence-electron chi connectivity index (χ1n) is 10.2. The van der Waals surface area contributed by atoms with Crippen molar-refractivity contribution in [3.05, 3.63) is 64.7 Å². The molecule has 0 aliphatic carbocycles. The summed E-state index contributed by atoms with van der Waals surface area (Å²) in [4.78, 5) is 25.3. The average Bonchev–Trinajstić information content (AvgIpc) is 2.71. The number of carbonyl (C=O) groups excluding carboxylic acids is 2. The monoisotopic (exact) mass is 445 g/mol. The Labute approximate surface area is 184 Å². The van der Waals surface area contributed by atoms with Gasteiger partial charge in [0.1, 0.15) is 6.04 Å². The second-order valence-corrected chi connectivity index (χ2v) is 9.75. The summed E-state index contributed by atoms with van der Waals surface area (Å²) in [5.74, 6) is -0.827. The first-order valence-corrected chi connectivity index (χ1v) is 11.7. The fourth-order valence-corrected chi connectivity index (χ4v) is 4.38. The van der Waals surface area contributed by atoms with Crippen LogP contribution in [0.4, 0.5) is 0 Å². The van der Waals surface area contributed by atoms with Crippen molar-refractivity contribution in [1.82, 2.24) is 15.4 Å². The van der Waals surface area contributed by atoms with Gasteiger partial charge in [-0.1, -0.05) is 43.7 Å². The van der Waals surface area contributed by atoms with Gasteiger partial charge in [0.2, 0.25) is 15.9 Å². The first-order chi connectivity index (χ1) is 14.5. The molecule has 3 N–H and O–H groups in total. The number of rotatable bonds is 9. The molecule has 0 aliphatic heterocycles. The SMILES string of the molecule is Cc1ccc(C(=O)NC(C(=O)NCCNS(=O)(=O)c2cc(C)ccc2C)C(C)C)cc1. The molecule has 2 rings (SSSR count). The molecule has 0 aliphatic rings. The van der Waals surface area contributed by atoms with Gasteiger partial charge in [-0.05, 0) is 56.0 Å². The van der Waals surface area contributed by atoms with Crippen molar-refractivity contribution in [3.63, 3.8) is 0 Å². The molecule has 0 bridgehead atoms. The molecule has 1 atom stereocenters. The van der Waals surface area contributed by atoms with Crippen LogP contribution in [0.3, 0.4) is 0 Å². The van der Waals surface area contributed by atoms with Crippen LogP contribution in [0.5, 0.6) is 0 Å². The largest absolute Gasteiger partial charge is 0.353 e. The molecule has 2 aromatic rings. The molecule has 0 fully saturated rings. The highest BCUT2D eigenvalue weighted by Crippen LogP contribution is 2.16. The molecule has 168 valence electrons. The van der Waals surface area contributed by atoms with E-state index in [0.29, 0.717) is 11.1 Å². The van der Waals surface area contributed by atoms with Crippen molar-refractivity contribution < 1.29 is 18.0 Å². The van der Waals surface area contributed by atoms with Gasteiger partial charge in [-0.2, -0.15) is 0 Å². The molecule has 0 heterocycles. The van der Waals surface area contributed by atoms with Gasteiger partial charge in [0.25, 0.3) is 5.91 Å². The third-order valence-electron chi connectivity index (χ3n) is 4.90. The first kappa shape index (κ1) is 24.6. The molecular weight excluding hydrogens is 414 g/mol. The average molecular weight is 446 g/mol. The Morgan fingerprint density at radius 2 is 1.52 bits per heavy atom. The van der Waals surface area contributed by atoms with Crippen LogP contribution < -0.4 is 15.4 Å². The Kier molecular flexibility index (Phi) is 8.36. The Balaban J connectivity index is 1.92. The molecule has 0 radical (unpaired) electrons. The van der Waals surface area contributed by atoms with E-state index in [1.165, 1.54) is 0 Å². The maximum Gasteiger partial charge on any atom is 0.251 e. The zero-order valence-electron chi connectivity index (χ0n) is 18.7. The Morgan fingerprint density at radius 3 is 2.13 bits per heavy atom. The number of aryl methyl sites for hydroxylation is 3. The van der Waals surface area contributed by atoms with E-state index in [-0.39, 0.29) is 35.7 Å². The van der Waals surface area contributed by atoms with Gasteiger partial charge in [0.15, 0.2) is 0 Å². The van der Waals surface area contributed by atoms with Gasteiger partial charge in [0.05, 0.1) is 4.90 Å². The minimum atomic E-state index is -3.68. The van der Waals surface area contributed by atoms with Crippen molar-refractivity contribution in [2.24, 2.45) is 5.92 Å². The van der Waals surface area contributed by atoms with Crippen molar-refractivity contribution in [3.8, 4) is 0 Å². The van der Waals surface area contributed by atoms with E-state index in [1.807, 2.05) is 45.9 Å². The molecule has 2 amide bonds. The minimum Gasteiger partial charge on any atom is -0.353 e. The highest BCUT2D eigenvalue weighted by Gasteiger charge is 2.24. The summed E-state index contributed by atoms with van der Waals surface area (Å²) >= 11 is 0. The molecule has 0 saturated carbocycles. The zero-order valence-corrected chi connectivity index (χ0v) is 19.5. The Hall–Kier alpha value is -2.71. The summed E-state index contributed by atoms with van der Waals surface area (Å²) in [7, 11) is -3.68. The van der Waals surface area contributed by atoms with Crippen molar-refractivity contribution in [2.75, 3.05) is 13.1 Å². The zero-order chi connectivity index (χ0) is 23.2. The van der Waals surface area contributed by atoms with E-state index < -0.39 is 16.1 Å². The fourth-order valence-electron chi connectivity index (χ4n) is 3.02. The Morgan fingerprint density at radius 1 is 0.903 bits per heavy atom. The number of hydrogen-bond donors (Lipinski definition) is 3. The van der Waals surface area contributed by atoms with Gasteiger partial charge >= 0.3 is 0 Å². The van der Waals surface area contributed by atoms with Crippen molar-refractivity contribution in [2.45, 2.75) is 45.6 Å². The van der Waals surface area contributed by atoms with Crippen LogP contribution in [0.25, 0.3) is 0 Å². The summed E-state index contributed by atoms with van der Waals surface area (Å²) in [6, 6.07) is 11.6. The van der Waals surface area contributed by atoms with E-state index in [4.69, 9.17) is 0 Å². The fraction of sp³-hybridized carbons (Fsp3) is 0.391. The number of hydrogen-bond acceptors (Lipinski definition) is 4. The summed E-state index contributed by atoms with van der Waals surface area (Å²) in [5, 5.41) is 5.46. The van der Waals surface area contributed by atoms with Gasteiger partial charge in [-0.3, -0.25) is 9.59 Å². The molecule has 0 spiro atoms. The summed E-state index contributed by atoms with van der Waals surface area (Å²) in [5.41, 5.74) is 3.02. The van der Waals surface area contributed by atoms with Crippen molar-refractivity contribution in [1.29, 1.82) is 0 Å². The second-order valence-electron chi connectivity index (χ2n) is 8.02. The predicted octanol–water partition coefficient (Wildman–Crippen LogP) is 2.46. The topological polar surface area (TPSA) is 104 Å². The third-order valence-corrected chi connectivity index (χ3v) is 6.50. The van der Waals surface area contributed by atoms with Gasteiger partial charge in [0, 0.05) is 18.7 Å². The number of amides is 2. The number of carbonyl (C=O) groups is 2. The molecule has 1 unspecified atom stereocenters. The molecule has 0 saturated heterocycles. The number of benzene rings is 2. The summed E-state index contributed by atoms with van der Waals surface area (Å²) in [6.45, 7) is 9.31. The predicted molar refractivity (Wildman–Crippen MR) is 121 cm³/mol. The van der Waals surface area contributed by atoms with E-state index in [2.05, 4.69) is 15.4 Å². The third kappa shape index (κ3) is 6.90. The van der Waals surface area contributed by atoms with Gasteiger partial charge < -0.3 is 10.6 Å². The smallest absolute Gasteiger partial charge is 0.251 e. The molecule has 7 nitrogen and oxygen atoms in total. The summed E-state index contributed by atoms with van der Waals surface area (Å²) in [6.07, 6.45) is 0. The van der Waals surface area contributed by atoms with E-state index >= 15 is 0 Å². The van der Waals surface area contributed by atoms with E-state index in [1.54, 1.807) is 31.2 Å². The quantitative estimate of drug-likeness (QED) is 0.516. The van der Waals surface area contributed by atoms with E-state index in [0.717, 1.165) is 11.1 Å². The van der Waals surface area contributed by atoms with Crippen molar-refractivity contribution >= 4 is 21.8 Å². The molecule has 31 heavy (non-hydrogen) atoms. The van der Waals surface area contributed by atoms with Gasteiger partial charge in [-0.25, -0.2) is 13.1 Å². The molecule has 8 heteroatoms. The van der Waals surface area contributed by atoms with Crippen LogP contribution in [0.2, 0.25) is 0 Å². The normalized spacial score (nSPS) is 12.5. The standard InChI is InChI=1S/C23H31N3O4S/c1-15(2)21(26-22(27)19-10-7-16(3)8-11-19)23(28)24-12-13-25-31(29,30)20-14-17(4)6-9-18(20)5/h6-11,14-15,21,25H,12-13H2,1-5H3,(H,24,28)(H,26,27). The van der Waals surface area contributed by atoms with Crippen LogP contribution in [0.1, 0.15) is 40.9 Å². The van der Waals surface area contributed by atoms with Gasteiger partial charge in [-0.15, -0.1) is 0 Å². The van der Waals surface area contributed by atoms with Crippen LogP contribution in [-0.4, -0.2) is 39.4 Å². The highest BCUT2D eigenvalue weighted by atomic mass is 32.2. The second kappa shape index (κ2) is 10.5. The highest BCUT2D eigenvalue weighted by molar-refractivity contribution is 7.89. The van der Waals surface area contributed by atoms with Crippen LogP contribution in [-0.2, 0) is 14.8 Å². The lowest BCUT2D eigenvalue weighted by atomic mass is 10.0. The molecule has 2 aromatic carbocycles. The van der Waals surface area contributed by atoms with Crippen LogP contribution in [0.15, 0.2) is 47.4 Å². The number of sulfonamides is 1.